The van der Waals surface area contributed by atoms with E-state index in [0.29, 0.717) is 0 Å². The van der Waals surface area contributed by atoms with Gasteiger partial charge in [-0.1, -0.05) is 6.92 Å². The molecule has 0 saturated carbocycles. The van der Waals surface area contributed by atoms with Crippen molar-refractivity contribution in [1.29, 1.82) is 0 Å². The number of halogens is 3. The lowest BCUT2D eigenvalue weighted by atomic mass is 10.2. The van der Waals surface area contributed by atoms with Crippen LogP contribution in [-0.2, 0) is 23.1 Å². The van der Waals surface area contributed by atoms with E-state index in [-0.39, 0.29) is 45.2 Å². The zero-order valence-electron chi connectivity index (χ0n) is 15.3. The maximum absolute atomic E-state index is 13.0. The van der Waals surface area contributed by atoms with Crippen molar-refractivity contribution in [2.45, 2.75) is 18.0 Å². The molecule has 0 aromatic carbocycles. The van der Waals surface area contributed by atoms with Crippen LogP contribution >= 0.6 is 0 Å². The highest BCUT2D eigenvalue weighted by Crippen LogP contribution is 2.33. The lowest BCUT2D eigenvalue weighted by molar-refractivity contribution is -0.137. The number of alkyl halides is 3. The molecule has 0 atom stereocenters. The summed E-state index contributed by atoms with van der Waals surface area (Å²) >= 11 is 0. The molecule has 0 aliphatic rings. The summed E-state index contributed by atoms with van der Waals surface area (Å²) in [5, 5.41) is 7.76. The summed E-state index contributed by atoms with van der Waals surface area (Å²) in [4.78, 5) is 7.73. The second kappa shape index (κ2) is 6.99. The molecular formula is C16H16F3N7O2S. The summed E-state index contributed by atoms with van der Waals surface area (Å²) in [5.41, 5.74) is 10.3. The third-order valence-electron chi connectivity index (χ3n) is 4.17. The van der Waals surface area contributed by atoms with Gasteiger partial charge in [0.05, 0.1) is 21.9 Å². The SMILES string of the molecule is CCS(=O)(=O)c1cc(N)c(N)nc1-c1nnc(-c2cc(C(F)(F)F)ccn2)n1C. The first-order valence-corrected chi connectivity index (χ1v) is 9.83. The molecule has 3 aromatic rings. The normalized spacial score (nSPS) is 12.3. The lowest BCUT2D eigenvalue weighted by Crippen LogP contribution is -2.12. The number of pyridine rings is 2. The maximum atomic E-state index is 13.0. The van der Waals surface area contributed by atoms with E-state index >= 15 is 0 Å². The Balaban J connectivity index is 2.21. The topological polar surface area (TPSA) is 143 Å². The largest absolute Gasteiger partial charge is 0.416 e. The summed E-state index contributed by atoms with van der Waals surface area (Å²) in [6, 6.07) is 2.82. The Morgan fingerprint density at radius 2 is 1.79 bits per heavy atom. The van der Waals surface area contributed by atoms with Gasteiger partial charge in [-0.15, -0.1) is 10.2 Å². The number of aromatic nitrogens is 5. The van der Waals surface area contributed by atoms with Gasteiger partial charge in [0.25, 0.3) is 0 Å². The zero-order valence-corrected chi connectivity index (χ0v) is 16.1. The lowest BCUT2D eigenvalue weighted by Gasteiger charge is -2.11. The molecule has 13 heteroatoms. The Morgan fingerprint density at radius 3 is 2.41 bits per heavy atom. The van der Waals surface area contributed by atoms with Crippen LogP contribution in [0, 0.1) is 0 Å². The fourth-order valence-corrected chi connectivity index (χ4v) is 3.61. The standard InChI is InChI=1S/C16H16F3N7O2S/c1-3-29(27,28)11-7-9(20)13(21)23-12(11)15-25-24-14(26(15)2)10-6-8(4-5-22-10)16(17,18)19/h4-7H,3,20H2,1-2H3,(H2,21,23). The average molecular weight is 427 g/mol. The average Bonchev–Trinajstić information content (AvgIpc) is 3.04. The quantitative estimate of drug-likeness (QED) is 0.643. The van der Waals surface area contributed by atoms with Gasteiger partial charge in [0.15, 0.2) is 21.5 Å². The second-order valence-corrected chi connectivity index (χ2v) is 8.29. The van der Waals surface area contributed by atoms with E-state index in [4.69, 9.17) is 11.5 Å². The fourth-order valence-electron chi connectivity index (χ4n) is 2.56. The first-order valence-electron chi connectivity index (χ1n) is 8.17. The van der Waals surface area contributed by atoms with Crippen molar-refractivity contribution in [3.05, 3.63) is 30.0 Å². The van der Waals surface area contributed by atoms with Crippen molar-refractivity contribution in [3.63, 3.8) is 0 Å². The van der Waals surface area contributed by atoms with Gasteiger partial charge in [0.2, 0.25) is 0 Å². The van der Waals surface area contributed by atoms with Gasteiger partial charge in [0.1, 0.15) is 17.2 Å². The van der Waals surface area contributed by atoms with Gasteiger partial charge in [0, 0.05) is 13.2 Å². The third-order valence-corrected chi connectivity index (χ3v) is 5.91. The van der Waals surface area contributed by atoms with E-state index in [9.17, 15) is 21.6 Å². The fraction of sp³-hybridized carbons (Fsp3) is 0.250. The number of hydrogen-bond acceptors (Lipinski definition) is 8. The molecule has 0 aliphatic heterocycles. The van der Waals surface area contributed by atoms with Crippen molar-refractivity contribution in [2.24, 2.45) is 7.05 Å². The molecule has 0 bridgehead atoms. The molecule has 4 N–H and O–H groups in total. The van der Waals surface area contributed by atoms with Crippen LogP contribution in [0.1, 0.15) is 12.5 Å². The predicted octanol–water partition coefficient (Wildman–Crippen LogP) is 1.92. The van der Waals surface area contributed by atoms with Gasteiger partial charge in [-0.3, -0.25) is 4.98 Å². The molecule has 9 nitrogen and oxygen atoms in total. The summed E-state index contributed by atoms with van der Waals surface area (Å²) in [6.07, 6.45) is -3.56. The number of nitrogens with zero attached hydrogens (tertiary/aromatic N) is 5. The molecule has 3 aromatic heterocycles. The Hall–Kier alpha value is -3.22. The van der Waals surface area contributed by atoms with Crippen molar-refractivity contribution < 1.29 is 21.6 Å². The number of nitrogens with two attached hydrogens (primary N) is 2. The summed E-state index contributed by atoms with van der Waals surface area (Å²) in [7, 11) is -2.31. The highest BCUT2D eigenvalue weighted by molar-refractivity contribution is 7.91. The van der Waals surface area contributed by atoms with Crippen LogP contribution < -0.4 is 11.5 Å². The monoisotopic (exact) mass is 427 g/mol. The molecule has 0 amide bonds. The predicted molar refractivity (Wildman–Crippen MR) is 99.0 cm³/mol. The second-order valence-electron chi connectivity index (χ2n) is 6.05. The first kappa shape index (κ1) is 20.5. The minimum Gasteiger partial charge on any atom is -0.396 e. The number of sulfone groups is 1. The van der Waals surface area contributed by atoms with Crippen LogP contribution in [0.15, 0.2) is 29.3 Å². The third kappa shape index (κ3) is 3.72. The van der Waals surface area contributed by atoms with E-state index in [1.54, 1.807) is 0 Å². The molecule has 3 rings (SSSR count). The Labute approximate surface area is 163 Å². The molecule has 29 heavy (non-hydrogen) atoms. The molecule has 0 spiro atoms. The summed E-state index contributed by atoms with van der Waals surface area (Å²) < 4.78 is 65.2. The molecule has 0 unspecified atom stereocenters. The zero-order chi connectivity index (χ0) is 21.6. The Kier molecular flexibility index (Phi) is 4.94. The van der Waals surface area contributed by atoms with Crippen LogP contribution in [0.3, 0.4) is 0 Å². The van der Waals surface area contributed by atoms with Gasteiger partial charge in [-0.2, -0.15) is 13.2 Å². The van der Waals surface area contributed by atoms with Crippen molar-refractivity contribution in [1.82, 2.24) is 24.7 Å². The van der Waals surface area contributed by atoms with Crippen molar-refractivity contribution >= 4 is 21.3 Å². The van der Waals surface area contributed by atoms with E-state index in [2.05, 4.69) is 20.2 Å². The van der Waals surface area contributed by atoms with Crippen LogP contribution in [0.25, 0.3) is 23.0 Å². The van der Waals surface area contributed by atoms with Gasteiger partial charge in [-0.25, -0.2) is 13.4 Å². The van der Waals surface area contributed by atoms with Crippen LogP contribution in [-0.4, -0.2) is 38.9 Å². The first-order chi connectivity index (χ1) is 13.5. The van der Waals surface area contributed by atoms with E-state index in [1.165, 1.54) is 24.6 Å². The minimum atomic E-state index is -4.56. The van der Waals surface area contributed by atoms with Gasteiger partial charge >= 0.3 is 6.18 Å². The highest BCUT2D eigenvalue weighted by Gasteiger charge is 2.31. The van der Waals surface area contributed by atoms with Crippen LogP contribution in [0.4, 0.5) is 24.7 Å². The number of hydrogen-bond donors (Lipinski definition) is 2. The molecular weight excluding hydrogens is 411 g/mol. The van der Waals surface area contributed by atoms with Gasteiger partial charge < -0.3 is 16.0 Å². The molecule has 154 valence electrons. The number of nitrogen functional groups attached to an aromatic ring is 2. The number of rotatable bonds is 4. The van der Waals surface area contributed by atoms with Crippen LogP contribution in [0.5, 0.6) is 0 Å². The van der Waals surface area contributed by atoms with E-state index < -0.39 is 21.6 Å². The van der Waals surface area contributed by atoms with E-state index in [0.717, 1.165) is 18.3 Å². The van der Waals surface area contributed by atoms with Gasteiger partial charge in [-0.05, 0) is 18.2 Å². The molecule has 0 aliphatic carbocycles. The van der Waals surface area contributed by atoms with Crippen LogP contribution in [0.2, 0.25) is 0 Å². The maximum Gasteiger partial charge on any atom is 0.416 e. The Bertz CT molecular complexity index is 1190. The van der Waals surface area contributed by atoms with Crippen molar-refractivity contribution in [2.75, 3.05) is 17.2 Å². The smallest absolute Gasteiger partial charge is 0.396 e. The highest BCUT2D eigenvalue weighted by atomic mass is 32.2. The molecule has 3 heterocycles. The van der Waals surface area contributed by atoms with Crippen molar-refractivity contribution in [3.8, 4) is 23.0 Å². The van der Waals surface area contributed by atoms with E-state index in [1.807, 2.05) is 0 Å². The summed E-state index contributed by atoms with van der Waals surface area (Å²) in [5.74, 6) is -0.372. The minimum absolute atomic E-state index is 0.0110. The number of anilines is 2. The summed E-state index contributed by atoms with van der Waals surface area (Å²) in [6.45, 7) is 1.44. The molecule has 0 saturated heterocycles. The molecule has 0 radical (unpaired) electrons. The molecule has 0 fully saturated rings. The Morgan fingerprint density at radius 1 is 1.14 bits per heavy atom.